The number of aryl methyl sites for hydroxylation is 1. The van der Waals surface area contributed by atoms with Crippen LogP contribution in [0.2, 0.25) is 0 Å². The molecule has 230 valence electrons. The summed E-state index contributed by atoms with van der Waals surface area (Å²) in [5.41, 5.74) is 3.64. The fraction of sp³-hybridized carbons (Fsp3) is 0.394. The van der Waals surface area contributed by atoms with Gasteiger partial charge in [-0.3, -0.25) is 9.69 Å². The molecule has 2 saturated heterocycles. The van der Waals surface area contributed by atoms with Gasteiger partial charge in [0, 0.05) is 80.6 Å². The van der Waals surface area contributed by atoms with Crippen LogP contribution >= 0.6 is 0 Å². The van der Waals surface area contributed by atoms with Gasteiger partial charge in [-0.2, -0.15) is 0 Å². The van der Waals surface area contributed by atoms with E-state index >= 15 is 0 Å². The first-order valence-electron chi connectivity index (χ1n) is 15.4. The van der Waals surface area contributed by atoms with Crippen molar-refractivity contribution in [2.75, 3.05) is 68.0 Å². The van der Waals surface area contributed by atoms with Crippen molar-refractivity contribution in [3.63, 3.8) is 0 Å². The van der Waals surface area contributed by atoms with Gasteiger partial charge >= 0.3 is 6.03 Å². The number of amides is 3. The molecule has 0 atom stereocenters. The second-order valence-corrected chi connectivity index (χ2v) is 11.5. The molecule has 2 N–H and O–H groups in total. The minimum atomic E-state index is -0.366. The van der Waals surface area contributed by atoms with Gasteiger partial charge in [0.2, 0.25) is 0 Å². The third kappa shape index (κ3) is 6.39. The number of benzene rings is 2. The van der Waals surface area contributed by atoms with Crippen LogP contribution < -0.4 is 15.5 Å². The predicted octanol–water partition coefficient (Wildman–Crippen LogP) is 4.77. The number of carbonyl (C=O) groups excluding carboxylic acids is 2. The lowest BCUT2D eigenvalue weighted by atomic mass is 10.1. The Labute approximate surface area is 257 Å². The van der Waals surface area contributed by atoms with Crippen LogP contribution in [0.25, 0.3) is 22.4 Å². The van der Waals surface area contributed by atoms with Gasteiger partial charge in [0.05, 0.1) is 18.6 Å². The Hall–Kier alpha value is -4.48. The fourth-order valence-electron chi connectivity index (χ4n) is 5.77. The van der Waals surface area contributed by atoms with Gasteiger partial charge in [-0.15, -0.1) is 0 Å². The lowest BCUT2D eigenvalue weighted by molar-refractivity contribution is 0.0595. The van der Waals surface area contributed by atoms with Crippen LogP contribution in [0.15, 0.2) is 60.8 Å². The number of fused-ring (bicyclic) bond motifs is 1. The van der Waals surface area contributed by atoms with Gasteiger partial charge in [0.1, 0.15) is 11.5 Å². The molecule has 0 unspecified atom stereocenters. The smallest absolute Gasteiger partial charge is 0.323 e. The first-order chi connectivity index (χ1) is 21.4. The molecule has 11 heteroatoms. The predicted molar refractivity (Wildman–Crippen MR) is 173 cm³/mol. The average Bonchev–Trinajstić information content (AvgIpc) is 3.48. The number of carbonyl (C=O) groups is 2. The van der Waals surface area contributed by atoms with E-state index in [4.69, 9.17) is 14.7 Å². The molecule has 4 heterocycles. The lowest BCUT2D eigenvalue weighted by Crippen LogP contribution is -2.50. The van der Waals surface area contributed by atoms with Crippen molar-refractivity contribution in [1.82, 2.24) is 24.3 Å². The molecule has 44 heavy (non-hydrogen) atoms. The maximum Gasteiger partial charge on any atom is 0.323 e. The summed E-state index contributed by atoms with van der Waals surface area (Å²) in [5.74, 6) is 1.58. The van der Waals surface area contributed by atoms with Gasteiger partial charge in [0.15, 0.2) is 5.82 Å². The first kappa shape index (κ1) is 29.6. The second-order valence-electron chi connectivity index (χ2n) is 11.5. The molecule has 0 aliphatic carbocycles. The standard InChI is InChI=1S/C33H40N8O3/c1-4-38-14-13-28-30(38)36-29(37-31(28)40-19-21-44-22-20-40)24-5-9-26(10-6-24)34-33(43)35-27-11-7-25(8-12-27)32(42)41-17-15-39(16-18-41)23(2)3/h5-14,23H,4,15-22H2,1-3H3,(H2,34,35,43). The number of anilines is 3. The number of hydrogen-bond donors (Lipinski definition) is 2. The summed E-state index contributed by atoms with van der Waals surface area (Å²) in [6, 6.07) is 16.8. The number of aromatic nitrogens is 3. The van der Waals surface area contributed by atoms with Crippen LogP contribution in [0.3, 0.4) is 0 Å². The number of urea groups is 1. The van der Waals surface area contributed by atoms with Crippen LogP contribution in [0.5, 0.6) is 0 Å². The maximum absolute atomic E-state index is 13.0. The van der Waals surface area contributed by atoms with Crippen molar-refractivity contribution in [2.24, 2.45) is 0 Å². The van der Waals surface area contributed by atoms with Crippen molar-refractivity contribution < 1.29 is 14.3 Å². The molecule has 6 rings (SSSR count). The van der Waals surface area contributed by atoms with E-state index in [-0.39, 0.29) is 11.9 Å². The van der Waals surface area contributed by atoms with Crippen molar-refractivity contribution in [3.05, 3.63) is 66.4 Å². The Morgan fingerprint density at radius 2 is 1.48 bits per heavy atom. The molecular weight excluding hydrogens is 556 g/mol. The summed E-state index contributed by atoms with van der Waals surface area (Å²) in [5, 5.41) is 6.77. The van der Waals surface area contributed by atoms with E-state index < -0.39 is 0 Å². The van der Waals surface area contributed by atoms with E-state index in [0.29, 0.717) is 42.0 Å². The first-order valence-corrected chi connectivity index (χ1v) is 15.4. The van der Waals surface area contributed by atoms with Crippen molar-refractivity contribution >= 4 is 40.2 Å². The molecule has 0 bridgehead atoms. The monoisotopic (exact) mass is 596 g/mol. The third-order valence-corrected chi connectivity index (χ3v) is 8.37. The molecule has 2 aromatic carbocycles. The van der Waals surface area contributed by atoms with Gasteiger partial charge in [-0.05, 0) is 75.4 Å². The summed E-state index contributed by atoms with van der Waals surface area (Å²) in [4.78, 5) is 42.1. The zero-order valence-corrected chi connectivity index (χ0v) is 25.6. The van der Waals surface area contributed by atoms with E-state index in [9.17, 15) is 9.59 Å². The highest BCUT2D eigenvalue weighted by atomic mass is 16.5. The van der Waals surface area contributed by atoms with E-state index in [0.717, 1.165) is 68.2 Å². The number of nitrogens with one attached hydrogen (secondary N) is 2. The highest BCUT2D eigenvalue weighted by Crippen LogP contribution is 2.29. The molecule has 2 fully saturated rings. The molecule has 0 saturated carbocycles. The van der Waals surface area contributed by atoms with Crippen molar-refractivity contribution in [3.8, 4) is 11.4 Å². The zero-order chi connectivity index (χ0) is 30.6. The number of morpholine rings is 1. The summed E-state index contributed by atoms with van der Waals surface area (Å²) >= 11 is 0. The van der Waals surface area contributed by atoms with Gasteiger partial charge in [-0.1, -0.05) is 0 Å². The van der Waals surface area contributed by atoms with Crippen LogP contribution in [0, 0.1) is 0 Å². The Kier molecular flexibility index (Phi) is 8.76. The van der Waals surface area contributed by atoms with Gasteiger partial charge in [0.25, 0.3) is 5.91 Å². The molecule has 4 aromatic rings. The molecule has 2 aliphatic heterocycles. The molecule has 11 nitrogen and oxygen atoms in total. The Morgan fingerprint density at radius 3 is 2.09 bits per heavy atom. The number of ether oxygens (including phenoxy) is 1. The number of nitrogens with zero attached hydrogens (tertiary/aromatic N) is 6. The van der Waals surface area contributed by atoms with E-state index in [1.54, 1.807) is 24.3 Å². The van der Waals surface area contributed by atoms with E-state index in [2.05, 4.69) is 58.0 Å². The summed E-state index contributed by atoms with van der Waals surface area (Å²) < 4.78 is 7.68. The van der Waals surface area contributed by atoms with Gasteiger partial charge in [-0.25, -0.2) is 14.8 Å². The van der Waals surface area contributed by atoms with Crippen LogP contribution in [0.1, 0.15) is 31.1 Å². The number of hydrogen-bond acceptors (Lipinski definition) is 7. The maximum atomic E-state index is 13.0. The van der Waals surface area contributed by atoms with Crippen LogP contribution in [-0.4, -0.2) is 94.8 Å². The van der Waals surface area contributed by atoms with E-state index in [1.165, 1.54) is 0 Å². The molecule has 0 spiro atoms. The largest absolute Gasteiger partial charge is 0.378 e. The highest BCUT2D eigenvalue weighted by molar-refractivity contribution is 6.00. The normalized spacial score (nSPS) is 16.0. The van der Waals surface area contributed by atoms with Crippen molar-refractivity contribution in [1.29, 1.82) is 0 Å². The Morgan fingerprint density at radius 1 is 0.841 bits per heavy atom. The molecule has 2 aliphatic rings. The van der Waals surface area contributed by atoms with Crippen molar-refractivity contribution in [2.45, 2.75) is 33.4 Å². The zero-order valence-electron chi connectivity index (χ0n) is 25.6. The summed E-state index contributed by atoms with van der Waals surface area (Å²) in [7, 11) is 0. The summed E-state index contributed by atoms with van der Waals surface area (Å²) in [6.07, 6.45) is 2.05. The van der Waals surface area contributed by atoms with Gasteiger partial charge < -0.3 is 29.7 Å². The number of rotatable bonds is 7. The SMILES string of the molecule is CCn1ccc2c(N3CCOCC3)nc(-c3ccc(NC(=O)Nc4ccc(C(=O)N5CCN(C(C)C)CC5)cc4)cc3)nc21. The minimum Gasteiger partial charge on any atom is -0.378 e. The third-order valence-electron chi connectivity index (χ3n) is 8.37. The minimum absolute atomic E-state index is 0.0209. The lowest BCUT2D eigenvalue weighted by Gasteiger charge is -2.37. The van der Waals surface area contributed by atoms with Crippen LogP contribution in [0.4, 0.5) is 22.0 Å². The Balaban J connectivity index is 1.09. The molecule has 0 radical (unpaired) electrons. The molecule has 2 aromatic heterocycles. The number of piperazine rings is 1. The Bertz CT molecular complexity index is 1600. The fourth-order valence-corrected chi connectivity index (χ4v) is 5.77. The summed E-state index contributed by atoms with van der Waals surface area (Å²) in [6.45, 7) is 13.4. The van der Waals surface area contributed by atoms with Crippen LogP contribution in [-0.2, 0) is 11.3 Å². The highest BCUT2D eigenvalue weighted by Gasteiger charge is 2.23. The average molecular weight is 597 g/mol. The topological polar surface area (TPSA) is 108 Å². The molecular formula is C33H40N8O3. The quantitative estimate of drug-likeness (QED) is 0.317. The molecule has 3 amide bonds. The second kappa shape index (κ2) is 13.0. The van der Waals surface area contributed by atoms with E-state index in [1.807, 2.05) is 29.2 Å².